The quantitative estimate of drug-likeness (QED) is 0.509. The Balaban J connectivity index is 2.72. The Kier molecular flexibility index (Phi) is 2.67. The lowest BCUT2D eigenvalue weighted by Gasteiger charge is -1.98. The molecule has 0 spiro atoms. The van der Waals surface area contributed by atoms with Crippen LogP contribution in [0.2, 0.25) is 0 Å². The third-order valence-electron chi connectivity index (χ3n) is 1.41. The molecule has 1 aromatic heterocycles. The maximum absolute atomic E-state index is 4.17. The standard InChI is InChI=1S/C8H4I2N2/c9-8-6-1-3-10-4-2-7(6)11-5-12-8/h1-3,5H. The van der Waals surface area contributed by atoms with E-state index in [4.69, 9.17) is 0 Å². The Morgan fingerprint density at radius 2 is 2.33 bits per heavy atom. The second kappa shape index (κ2) is 3.76. The molecule has 4 heteroatoms. The first kappa shape index (κ1) is 8.52. The monoisotopic (exact) mass is 382 g/mol. The summed E-state index contributed by atoms with van der Waals surface area (Å²) in [5, 5.41) is 0. The summed E-state index contributed by atoms with van der Waals surface area (Å²) in [7, 11) is 0. The lowest BCUT2D eigenvalue weighted by Crippen LogP contribution is -1.93. The van der Waals surface area contributed by atoms with Gasteiger partial charge in [0.05, 0.1) is 5.69 Å². The lowest BCUT2D eigenvalue weighted by molar-refractivity contribution is 1.11. The molecule has 60 valence electrons. The minimum Gasteiger partial charge on any atom is -0.236 e. The fourth-order valence-electron chi connectivity index (χ4n) is 0.870. The van der Waals surface area contributed by atoms with E-state index in [0.29, 0.717) is 0 Å². The first-order valence-corrected chi connectivity index (χ1v) is 6.66. The fraction of sp³-hybridized carbons (Fsp3) is 0. The number of nitrogens with zero attached hydrogens (tertiary/aromatic N) is 2. The topological polar surface area (TPSA) is 25.8 Å². The summed E-state index contributed by atoms with van der Waals surface area (Å²) in [5.41, 5.74) is 2.12. The van der Waals surface area contributed by atoms with E-state index >= 15 is 0 Å². The Labute approximate surface area is 93.7 Å². The molecule has 0 saturated carbocycles. The van der Waals surface area contributed by atoms with Gasteiger partial charge in [0.15, 0.2) is 0 Å². The average molecular weight is 382 g/mol. The van der Waals surface area contributed by atoms with Crippen LogP contribution in [-0.2, 0) is 0 Å². The molecule has 0 radical (unpaired) electrons. The Hall–Kier alpha value is -0.0700. The SMILES string of the molecule is Ic1ncnc2c1C=CI=C=C2. The summed E-state index contributed by atoms with van der Waals surface area (Å²) in [6.07, 6.45) is 5.66. The van der Waals surface area contributed by atoms with Gasteiger partial charge in [-0.05, 0) is 53.5 Å². The van der Waals surface area contributed by atoms with E-state index in [1.165, 1.54) is 0 Å². The molecule has 2 rings (SSSR count). The van der Waals surface area contributed by atoms with Crippen molar-refractivity contribution in [1.29, 1.82) is 0 Å². The zero-order valence-corrected chi connectivity index (χ0v) is 10.3. The first-order chi connectivity index (χ1) is 5.88. The summed E-state index contributed by atoms with van der Waals surface area (Å²) < 4.78 is 6.42. The van der Waals surface area contributed by atoms with E-state index in [2.05, 4.69) is 46.4 Å². The summed E-state index contributed by atoms with van der Waals surface area (Å²) in [4.78, 5) is 8.30. The van der Waals surface area contributed by atoms with Gasteiger partial charge in [0.1, 0.15) is 10.0 Å². The molecular formula is C8H4I2N2. The van der Waals surface area contributed by atoms with Crippen LogP contribution >= 0.6 is 43.3 Å². The van der Waals surface area contributed by atoms with Gasteiger partial charge in [0, 0.05) is 11.6 Å². The predicted molar refractivity (Wildman–Crippen MR) is 67.3 cm³/mol. The van der Waals surface area contributed by atoms with Gasteiger partial charge in [-0.1, -0.05) is 3.67 Å². The van der Waals surface area contributed by atoms with Crippen LogP contribution in [0.1, 0.15) is 11.3 Å². The largest absolute Gasteiger partial charge is 0.236 e. The van der Waals surface area contributed by atoms with E-state index < -0.39 is 0 Å². The van der Waals surface area contributed by atoms with Crippen LogP contribution in [0.15, 0.2) is 10.4 Å². The second-order valence-corrected chi connectivity index (χ2v) is 5.11. The van der Waals surface area contributed by atoms with Crippen LogP contribution in [0.25, 0.3) is 12.2 Å². The molecule has 12 heavy (non-hydrogen) atoms. The third-order valence-corrected chi connectivity index (χ3v) is 3.66. The van der Waals surface area contributed by atoms with Crippen molar-refractivity contribution in [3.63, 3.8) is 0 Å². The molecule has 0 unspecified atom stereocenters. The van der Waals surface area contributed by atoms with Crippen molar-refractivity contribution < 1.29 is 0 Å². The molecule has 0 bridgehead atoms. The number of halogens is 2. The Morgan fingerprint density at radius 3 is 3.25 bits per heavy atom. The van der Waals surface area contributed by atoms with Crippen LogP contribution < -0.4 is 0 Å². The minimum atomic E-state index is -0.0310. The molecular weight excluding hydrogens is 378 g/mol. The van der Waals surface area contributed by atoms with E-state index in [-0.39, 0.29) is 20.7 Å². The molecule has 0 aromatic carbocycles. The highest BCUT2D eigenvalue weighted by molar-refractivity contribution is 14.2. The molecule has 2 heterocycles. The van der Waals surface area contributed by atoms with Gasteiger partial charge < -0.3 is 0 Å². The van der Waals surface area contributed by atoms with Crippen LogP contribution in [0, 0.1) is 3.70 Å². The molecule has 0 amide bonds. The fourth-order valence-corrected chi connectivity index (χ4v) is 2.67. The molecule has 0 N–H and O–H groups in total. The molecule has 1 aliphatic rings. The minimum absolute atomic E-state index is 0.0310. The van der Waals surface area contributed by atoms with E-state index in [0.717, 1.165) is 15.0 Å². The molecule has 1 aromatic rings. The number of hydrogen-bond acceptors (Lipinski definition) is 2. The highest BCUT2D eigenvalue weighted by atomic mass is 127. The van der Waals surface area contributed by atoms with Gasteiger partial charge in [-0.3, -0.25) is 0 Å². The van der Waals surface area contributed by atoms with E-state index in [1.54, 1.807) is 6.33 Å². The summed E-state index contributed by atoms with van der Waals surface area (Å²) >= 11 is 2.19. The smallest absolute Gasteiger partial charge is 0.117 e. The molecule has 0 saturated heterocycles. The number of hydrogen-bond donors (Lipinski definition) is 0. The third kappa shape index (κ3) is 1.65. The predicted octanol–water partition coefficient (Wildman–Crippen LogP) is 2.45. The Morgan fingerprint density at radius 1 is 1.42 bits per heavy atom. The van der Waals surface area contributed by atoms with Crippen molar-refractivity contribution in [1.82, 2.24) is 9.97 Å². The van der Waals surface area contributed by atoms with Gasteiger partial charge in [-0.2, -0.15) is 0 Å². The summed E-state index contributed by atoms with van der Waals surface area (Å²) in [6, 6.07) is 0. The van der Waals surface area contributed by atoms with Crippen molar-refractivity contribution >= 4 is 59.1 Å². The van der Waals surface area contributed by atoms with Crippen molar-refractivity contribution in [2.45, 2.75) is 0 Å². The van der Waals surface area contributed by atoms with Crippen LogP contribution in [0.4, 0.5) is 0 Å². The van der Waals surface area contributed by atoms with Crippen molar-refractivity contribution in [2.24, 2.45) is 0 Å². The number of fused-ring (bicyclic) bond motifs is 1. The summed E-state index contributed by atoms with van der Waals surface area (Å²) in [5.74, 6) is 0. The zero-order valence-electron chi connectivity index (χ0n) is 5.96. The second-order valence-electron chi connectivity index (χ2n) is 2.12. The van der Waals surface area contributed by atoms with E-state index in [9.17, 15) is 0 Å². The highest BCUT2D eigenvalue weighted by Crippen LogP contribution is 2.18. The first-order valence-electron chi connectivity index (χ1n) is 3.26. The van der Waals surface area contributed by atoms with Crippen molar-refractivity contribution in [3.05, 3.63) is 25.4 Å². The summed E-state index contributed by atoms with van der Waals surface area (Å²) in [6.45, 7) is 0. The van der Waals surface area contributed by atoms with Gasteiger partial charge in [-0.15, -0.1) is 0 Å². The molecule has 0 aliphatic carbocycles. The van der Waals surface area contributed by atoms with Gasteiger partial charge in [0.25, 0.3) is 0 Å². The van der Waals surface area contributed by atoms with Gasteiger partial charge >= 0.3 is 0 Å². The average Bonchev–Trinajstić information content (AvgIpc) is 2.30. The van der Waals surface area contributed by atoms with Gasteiger partial charge in [-0.25, -0.2) is 9.97 Å². The highest BCUT2D eigenvalue weighted by Gasteiger charge is 2.03. The van der Waals surface area contributed by atoms with Crippen molar-refractivity contribution in [3.8, 4) is 0 Å². The number of rotatable bonds is 0. The Bertz CT molecular complexity index is 404. The molecule has 2 nitrogen and oxygen atoms in total. The lowest BCUT2D eigenvalue weighted by atomic mass is 10.2. The van der Waals surface area contributed by atoms with Crippen LogP contribution in [0.5, 0.6) is 0 Å². The normalized spacial score (nSPS) is 13.4. The molecule has 0 fully saturated rings. The van der Waals surface area contributed by atoms with Crippen LogP contribution in [0.3, 0.4) is 0 Å². The molecule has 0 atom stereocenters. The maximum atomic E-state index is 4.17. The zero-order chi connectivity index (χ0) is 8.39. The van der Waals surface area contributed by atoms with Crippen molar-refractivity contribution in [2.75, 3.05) is 0 Å². The molecule has 1 aliphatic heterocycles. The maximum Gasteiger partial charge on any atom is 0.117 e. The van der Waals surface area contributed by atoms with Crippen LogP contribution in [-0.4, -0.2) is 13.6 Å². The van der Waals surface area contributed by atoms with E-state index in [1.807, 2.05) is 6.08 Å². The van der Waals surface area contributed by atoms with Gasteiger partial charge in [0.2, 0.25) is 0 Å². The number of aromatic nitrogens is 2.